The first-order chi connectivity index (χ1) is 13.0. The van der Waals surface area contributed by atoms with Gasteiger partial charge in [0.25, 0.3) is 0 Å². The molecule has 0 fully saturated rings. The van der Waals surface area contributed by atoms with E-state index in [-0.39, 0.29) is 36.8 Å². The van der Waals surface area contributed by atoms with Crippen molar-refractivity contribution in [2.75, 3.05) is 33.4 Å². The second-order valence-electron chi connectivity index (χ2n) is 6.11. The maximum atomic E-state index is 12.9. The van der Waals surface area contributed by atoms with Gasteiger partial charge in [0.2, 0.25) is 15.9 Å². The Morgan fingerprint density at radius 2 is 1.79 bits per heavy atom. The third-order valence-corrected chi connectivity index (χ3v) is 5.57. The molecule has 0 bridgehead atoms. The molecule has 0 aromatic heterocycles. The van der Waals surface area contributed by atoms with Crippen molar-refractivity contribution >= 4 is 15.9 Å². The lowest BCUT2D eigenvalue weighted by Crippen LogP contribution is -2.30. The molecule has 0 saturated carbocycles. The summed E-state index contributed by atoms with van der Waals surface area (Å²) in [6, 6.07) is 4.46. The summed E-state index contributed by atoms with van der Waals surface area (Å²) in [6.07, 6.45) is -3.09. The third kappa shape index (κ3) is 9.47. The van der Waals surface area contributed by atoms with Crippen LogP contribution < -0.4 is 5.32 Å². The van der Waals surface area contributed by atoms with Gasteiger partial charge in [-0.15, -0.1) is 0 Å². The van der Waals surface area contributed by atoms with E-state index in [0.29, 0.717) is 19.4 Å². The zero-order valence-electron chi connectivity index (χ0n) is 15.5. The number of rotatable bonds is 12. The highest BCUT2D eigenvalue weighted by Crippen LogP contribution is 2.15. The number of hydrogen-bond acceptors (Lipinski definition) is 4. The molecule has 1 aromatic rings. The number of benzene rings is 1. The van der Waals surface area contributed by atoms with Crippen LogP contribution in [-0.4, -0.2) is 58.2 Å². The van der Waals surface area contributed by atoms with Crippen molar-refractivity contribution < 1.29 is 35.5 Å². The van der Waals surface area contributed by atoms with Crippen LogP contribution in [0.1, 0.15) is 25.7 Å². The third-order valence-electron chi connectivity index (χ3n) is 3.70. The summed E-state index contributed by atoms with van der Waals surface area (Å²) >= 11 is 0. The molecule has 1 aromatic carbocycles. The summed E-state index contributed by atoms with van der Waals surface area (Å²) in [5.74, 6) is -0.811. The molecule has 6 nitrogen and oxygen atoms in total. The van der Waals surface area contributed by atoms with Crippen LogP contribution in [0.3, 0.4) is 0 Å². The second-order valence-corrected chi connectivity index (χ2v) is 8.15. The lowest BCUT2D eigenvalue weighted by atomic mass is 10.2. The number of sulfonamides is 1. The summed E-state index contributed by atoms with van der Waals surface area (Å²) < 4.78 is 78.6. The average Bonchev–Trinajstić information content (AvgIpc) is 2.60. The summed E-state index contributed by atoms with van der Waals surface area (Å²) in [6.45, 7) is -0.911. The Labute approximate surface area is 161 Å². The number of hydrogen-bond donors (Lipinski definition) is 1. The van der Waals surface area contributed by atoms with E-state index in [1.807, 2.05) is 0 Å². The molecular weight excluding hydrogens is 404 g/mol. The molecule has 0 aliphatic carbocycles. The van der Waals surface area contributed by atoms with E-state index in [0.717, 1.165) is 16.4 Å². The van der Waals surface area contributed by atoms with Gasteiger partial charge in [0.1, 0.15) is 12.4 Å². The summed E-state index contributed by atoms with van der Waals surface area (Å²) in [5, 5.41) is 2.61. The van der Waals surface area contributed by atoms with Gasteiger partial charge in [0.15, 0.2) is 0 Å². The largest absolute Gasteiger partial charge is 0.411 e. The molecule has 0 unspecified atom stereocenters. The topological polar surface area (TPSA) is 75.7 Å². The molecule has 0 aliphatic rings. The van der Waals surface area contributed by atoms with Crippen LogP contribution in [0.15, 0.2) is 29.2 Å². The molecule has 28 heavy (non-hydrogen) atoms. The maximum Gasteiger partial charge on any atom is 0.411 e. The van der Waals surface area contributed by atoms with E-state index in [9.17, 15) is 30.8 Å². The Balaban J connectivity index is 2.19. The Kier molecular flexibility index (Phi) is 9.83. The fraction of sp³-hybridized carbons (Fsp3) is 0.588. The minimum atomic E-state index is -4.34. The first-order valence-corrected chi connectivity index (χ1v) is 10.1. The fourth-order valence-electron chi connectivity index (χ4n) is 2.20. The van der Waals surface area contributed by atoms with E-state index in [2.05, 4.69) is 10.1 Å². The minimum Gasteiger partial charge on any atom is -0.372 e. The van der Waals surface area contributed by atoms with Crippen molar-refractivity contribution in [1.82, 2.24) is 9.62 Å². The van der Waals surface area contributed by atoms with E-state index in [1.54, 1.807) is 0 Å². The van der Waals surface area contributed by atoms with Crippen LogP contribution in [0, 0.1) is 5.82 Å². The molecule has 0 spiro atoms. The van der Waals surface area contributed by atoms with Crippen molar-refractivity contribution in [3.63, 3.8) is 0 Å². The summed E-state index contributed by atoms with van der Waals surface area (Å²) in [7, 11) is -2.38. The Hall–Kier alpha value is -1.72. The van der Waals surface area contributed by atoms with Gasteiger partial charge < -0.3 is 10.1 Å². The summed E-state index contributed by atoms with van der Waals surface area (Å²) in [5.41, 5.74) is 0. The van der Waals surface area contributed by atoms with Crippen molar-refractivity contribution in [2.24, 2.45) is 0 Å². The highest BCUT2D eigenvalue weighted by Gasteiger charge is 2.27. The standard InChI is InChI=1S/C17H24F4N2O4S/c1-23(28(25,26)15-8-6-14(18)7-9-15)11-4-5-16(24)22-10-2-3-12-27-13-17(19,20)21/h6-9H,2-5,10-13H2,1H3,(H,22,24). The quantitative estimate of drug-likeness (QED) is 0.410. The Morgan fingerprint density at radius 1 is 1.14 bits per heavy atom. The van der Waals surface area contributed by atoms with Crippen LogP contribution in [0.5, 0.6) is 0 Å². The van der Waals surface area contributed by atoms with Crippen molar-refractivity contribution in [3.05, 3.63) is 30.1 Å². The van der Waals surface area contributed by atoms with Gasteiger partial charge in [-0.25, -0.2) is 17.1 Å². The number of halogens is 4. The van der Waals surface area contributed by atoms with Crippen molar-refractivity contribution in [3.8, 4) is 0 Å². The highest BCUT2D eigenvalue weighted by atomic mass is 32.2. The zero-order valence-corrected chi connectivity index (χ0v) is 16.3. The van der Waals surface area contributed by atoms with Crippen LogP contribution >= 0.6 is 0 Å². The molecule has 1 amide bonds. The number of ether oxygens (including phenoxy) is 1. The summed E-state index contributed by atoms with van der Waals surface area (Å²) in [4.78, 5) is 11.7. The molecule has 0 aliphatic heterocycles. The predicted octanol–water partition coefficient (Wildman–Crippen LogP) is 2.70. The smallest absolute Gasteiger partial charge is 0.372 e. The van der Waals surface area contributed by atoms with E-state index >= 15 is 0 Å². The highest BCUT2D eigenvalue weighted by molar-refractivity contribution is 7.89. The molecule has 0 saturated heterocycles. The van der Waals surface area contributed by atoms with Crippen molar-refractivity contribution in [2.45, 2.75) is 36.8 Å². The van der Waals surface area contributed by atoms with Gasteiger partial charge >= 0.3 is 6.18 Å². The first-order valence-electron chi connectivity index (χ1n) is 8.65. The van der Waals surface area contributed by atoms with E-state index < -0.39 is 28.6 Å². The van der Waals surface area contributed by atoms with Crippen LogP contribution in [0.2, 0.25) is 0 Å². The minimum absolute atomic E-state index is 0.0337. The molecule has 11 heteroatoms. The normalized spacial score (nSPS) is 12.4. The van der Waals surface area contributed by atoms with E-state index in [1.165, 1.54) is 19.2 Å². The molecule has 0 heterocycles. The number of carbonyl (C=O) groups is 1. The molecule has 0 radical (unpaired) electrons. The number of alkyl halides is 3. The van der Waals surface area contributed by atoms with Crippen LogP contribution in [0.4, 0.5) is 17.6 Å². The number of unbranched alkanes of at least 4 members (excludes halogenated alkanes) is 1. The molecular formula is C17H24F4N2O4S. The monoisotopic (exact) mass is 428 g/mol. The van der Waals surface area contributed by atoms with Gasteiger partial charge in [0.05, 0.1) is 4.90 Å². The zero-order chi connectivity index (χ0) is 21.2. The Bertz CT molecular complexity index is 709. The number of nitrogens with zero attached hydrogens (tertiary/aromatic N) is 1. The van der Waals surface area contributed by atoms with Gasteiger partial charge in [-0.3, -0.25) is 4.79 Å². The van der Waals surface area contributed by atoms with Gasteiger partial charge in [-0.1, -0.05) is 0 Å². The first kappa shape index (κ1) is 24.3. The van der Waals surface area contributed by atoms with Gasteiger partial charge in [0, 0.05) is 33.2 Å². The van der Waals surface area contributed by atoms with Crippen LogP contribution in [-0.2, 0) is 19.6 Å². The lowest BCUT2D eigenvalue weighted by molar-refractivity contribution is -0.174. The number of carbonyl (C=O) groups excluding carboxylic acids is 1. The lowest BCUT2D eigenvalue weighted by Gasteiger charge is -2.17. The van der Waals surface area contributed by atoms with Gasteiger partial charge in [-0.2, -0.15) is 13.2 Å². The molecule has 1 N–H and O–H groups in total. The second kappa shape index (κ2) is 11.3. The van der Waals surface area contributed by atoms with Gasteiger partial charge in [-0.05, 0) is 43.5 Å². The fourth-order valence-corrected chi connectivity index (χ4v) is 3.41. The molecule has 160 valence electrons. The number of nitrogens with one attached hydrogen (secondary N) is 1. The van der Waals surface area contributed by atoms with Crippen LogP contribution in [0.25, 0.3) is 0 Å². The maximum absolute atomic E-state index is 12.9. The number of amides is 1. The predicted molar refractivity (Wildman–Crippen MR) is 94.6 cm³/mol. The molecule has 0 atom stereocenters. The van der Waals surface area contributed by atoms with Crippen molar-refractivity contribution in [1.29, 1.82) is 0 Å². The van der Waals surface area contributed by atoms with E-state index in [4.69, 9.17) is 0 Å². The SMILES string of the molecule is CN(CCCC(=O)NCCCCOCC(F)(F)F)S(=O)(=O)c1ccc(F)cc1. The Morgan fingerprint density at radius 3 is 2.39 bits per heavy atom. The average molecular weight is 428 g/mol. The molecule has 1 rings (SSSR count).